The normalized spacial score (nSPS) is 28.3. The Morgan fingerprint density at radius 2 is 2.21 bits per heavy atom. The van der Waals surface area contributed by atoms with Crippen LogP contribution < -0.4 is 5.73 Å². The molecule has 0 radical (unpaired) electrons. The molecule has 1 saturated heterocycles. The Morgan fingerprint density at radius 1 is 1.43 bits per heavy atom. The first kappa shape index (κ1) is 11.9. The third-order valence-electron chi connectivity index (χ3n) is 2.22. The van der Waals surface area contributed by atoms with E-state index in [9.17, 15) is 0 Å². The highest BCUT2D eigenvalue weighted by Crippen LogP contribution is 2.08. The van der Waals surface area contributed by atoms with Crippen molar-refractivity contribution in [2.75, 3.05) is 26.4 Å². The Morgan fingerprint density at radius 3 is 2.86 bits per heavy atom. The number of hydrogen-bond donors (Lipinski definition) is 1. The molecule has 4 nitrogen and oxygen atoms in total. The standard InChI is InChI=1S/C10H21NO3/c1-8(2)13-5-6-14-10-7-12-4-3-9(10)11/h8-10H,3-7,11H2,1-2H3. The second-order valence-corrected chi connectivity index (χ2v) is 3.86. The van der Waals surface area contributed by atoms with E-state index in [1.54, 1.807) is 0 Å². The van der Waals surface area contributed by atoms with Crippen molar-refractivity contribution < 1.29 is 14.2 Å². The molecule has 14 heavy (non-hydrogen) atoms. The molecule has 0 aromatic heterocycles. The van der Waals surface area contributed by atoms with Crippen LogP contribution in [0.1, 0.15) is 20.3 Å². The van der Waals surface area contributed by atoms with Gasteiger partial charge >= 0.3 is 0 Å². The highest BCUT2D eigenvalue weighted by molar-refractivity contribution is 4.76. The summed E-state index contributed by atoms with van der Waals surface area (Å²) >= 11 is 0. The molecule has 0 bridgehead atoms. The monoisotopic (exact) mass is 203 g/mol. The summed E-state index contributed by atoms with van der Waals surface area (Å²) in [4.78, 5) is 0. The second kappa shape index (κ2) is 6.35. The lowest BCUT2D eigenvalue weighted by Gasteiger charge is -2.28. The van der Waals surface area contributed by atoms with E-state index in [0.717, 1.165) is 13.0 Å². The van der Waals surface area contributed by atoms with Gasteiger partial charge in [-0.3, -0.25) is 0 Å². The molecule has 2 N–H and O–H groups in total. The molecule has 2 unspecified atom stereocenters. The molecule has 4 heteroatoms. The van der Waals surface area contributed by atoms with Gasteiger partial charge in [-0.25, -0.2) is 0 Å². The summed E-state index contributed by atoms with van der Waals surface area (Å²) in [6, 6.07) is 0.114. The van der Waals surface area contributed by atoms with Crippen LogP contribution in [0.25, 0.3) is 0 Å². The van der Waals surface area contributed by atoms with E-state index in [0.29, 0.717) is 19.8 Å². The van der Waals surface area contributed by atoms with Gasteiger partial charge in [0.05, 0.1) is 32.0 Å². The van der Waals surface area contributed by atoms with Crippen LogP contribution in [0.2, 0.25) is 0 Å². The lowest BCUT2D eigenvalue weighted by molar-refractivity contribution is -0.0789. The van der Waals surface area contributed by atoms with Crippen LogP contribution in [0.15, 0.2) is 0 Å². The minimum absolute atomic E-state index is 0.0412. The van der Waals surface area contributed by atoms with Crippen LogP contribution in [-0.2, 0) is 14.2 Å². The smallest absolute Gasteiger partial charge is 0.0960 e. The van der Waals surface area contributed by atoms with Crippen LogP contribution in [0, 0.1) is 0 Å². The van der Waals surface area contributed by atoms with Crippen molar-refractivity contribution in [2.24, 2.45) is 5.73 Å². The van der Waals surface area contributed by atoms with Crippen molar-refractivity contribution in [1.29, 1.82) is 0 Å². The van der Waals surface area contributed by atoms with Gasteiger partial charge in [0, 0.05) is 12.6 Å². The molecule has 0 aromatic carbocycles. The number of rotatable bonds is 5. The summed E-state index contributed by atoms with van der Waals surface area (Å²) in [6.07, 6.45) is 1.18. The van der Waals surface area contributed by atoms with Crippen LogP contribution in [0.3, 0.4) is 0 Å². The van der Waals surface area contributed by atoms with E-state index in [1.165, 1.54) is 0 Å². The van der Waals surface area contributed by atoms with Crippen molar-refractivity contribution in [1.82, 2.24) is 0 Å². The first-order chi connectivity index (χ1) is 6.70. The van der Waals surface area contributed by atoms with Crippen LogP contribution >= 0.6 is 0 Å². The summed E-state index contributed by atoms with van der Waals surface area (Å²) < 4.78 is 16.2. The Bertz CT molecular complexity index is 152. The topological polar surface area (TPSA) is 53.7 Å². The third kappa shape index (κ3) is 4.37. The minimum atomic E-state index is 0.0412. The molecule has 1 heterocycles. The summed E-state index contributed by atoms with van der Waals surface area (Å²) in [6.45, 7) is 6.61. The molecule has 2 atom stereocenters. The average Bonchev–Trinajstić information content (AvgIpc) is 2.15. The van der Waals surface area contributed by atoms with Crippen molar-refractivity contribution >= 4 is 0 Å². The average molecular weight is 203 g/mol. The van der Waals surface area contributed by atoms with Crippen LogP contribution in [-0.4, -0.2) is 44.7 Å². The fraction of sp³-hybridized carbons (Fsp3) is 1.00. The lowest BCUT2D eigenvalue weighted by atomic mass is 10.1. The third-order valence-corrected chi connectivity index (χ3v) is 2.22. The molecule has 1 rings (SSSR count). The first-order valence-electron chi connectivity index (χ1n) is 5.26. The van der Waals surface area contributed by atoms with E-state index in [2.05, 4.69) is 0 Å². The molecular formula is C10H21NO3. The van der Waals surface area contributed by atoms with Gasteiger partial charge in [-0.2, -0.15) is 0 Å². The van der Waals surface area contributed by atoms with Gasteiger partial charge in [0.25, 0.3) is 0 Å². The van der Waals surface area contributed by atoms with E-state index < -0.39 is 0 Å². The van der Waals surface area contributed by atoms with E-state index in [1.807, 2.05) is 13.8 Å². The second-order valence-electron chi connectivity index (χ2n) is 3.86. The Balaban J connectivity index is 2.04. The first-order valence-corrected chi connectivity index (χ1v) is 5.26. The Kier molecular flexibility index (Phi) is 5.40. The predicted octanol–water partition coefficient (Wildman–Crippen LogP) is 0.544. The van der Waals surface area contributed by atoms with Gasteiger partial charge in [-0.15, -0.1) is 0 Å². The summed E-state index contributed by atoms with van der Waals surface area (Å²) in [5, 5.41) is 0. The van der Waals surface area contributed by atoms with Crippen LogP contribution in [0.5, 0.6) is 0 Å². The molecule has 84 valence electrons. The molecule has 1 fully saturated rings. The van der Waals surface area contributed by atoms with E-state index in [-0.39, 0.29) is 18.2 Å². The van der Waals surface area contributed by atoms with Gasteiger partial charge < -0.3 is 19.9 Å². The van der Waals surface area contributed by atoms with Gasteiger partial charge in [-0.05, 0) is 20.3 Å². The predicted molar refractivity (Wildman–Crippen MR) is 54.2 cm³/mol. The fourth-order valence-electron chi connectivity index (χ4n) is 1.38. The lowest BCUT2D eigenvalue weighted by Crippen LogP contribution is -2.45. The quantitative estimate of drug-likeness (QED) is 0.663. The maximum Gasteiger partial charge on any atom is 0.0960 e. The molecule has 0 spiro atoms. The summed E-state index contributed by atoms with van der Waals surface area (Å²) in [5.74, 6) is 0. The zero-order valence-electron chi connectivity index (χ0n) is 9.07. The largest absolute Gasteiger partial charge is 0.379 e. The van der Waals surface area contributed by atoms with E-state index in [4.69, 9.17) is 19.9 Å². The van der Waals surface area contributed by atoms with Gasteiger partial charge in [-0.1, -0.05) is 0 Å². The van der Waals surface area contributed by atoms with Gasteiger partial charge in [0.2, 0.25) is 0 Å². The van der Waals surface area contributed by atoms with Crippen molar-refractivity contribution in [3.05, 3.63) is 0 Å². The highest BCUT2D eigenvalue weighted by Gasteiger charge is 2.22. The SMILES string of the molecule is CC(C)OCCOC1COCCC1N. The molecule has 0 saturated carbocycles. The maximum absolute atomic E-state index is 5.88. The molecule has 0 aromatic rings. The number of hydrogen-bond acceptors (Lipinski definition) is 4. The molecular weight excluding hydrogens is 182 g/mol. The number of nitrogens with two attached hydrogens (primary N) is 1. The highest BCUT2D eigenvalue weighted by atomic mass is 16.6. The molecule has 0 amide bonds. The van der Waals surface area contributed by atoms with Crippen molar-refractivity contribution in [3.63, 3.8) is 0 Å². The molecule has 0 aliphatic carbocycles. The fourth-order valence-corrected chi connectivity index (χ4v) is 1.38. The zero-order valence-corrected chi connectivity index (χ0v) is 9.07. The zero-order chi connectivity index (χ0) is 10.4. The van der Waals surface area contributed by atoms with Crippen molar-refractivity contribution in [3.8, 4) is 0 Å². The van der Waals surface area contributed by atoms with Gasteiger partial charge in [0.1, 0.15) is 0 Å². The minimum Gasteiger partial charge on any atom is -0.379 e. The van der Waals surface area contributed by atoms with E-state index >= 15 is 0 Å². The van der Waals surface area contributed by atoms with Crippen LogP contribution in [0.4, 0.5) is 0 Å². The summed E-state index contributed by atoms with van der Waals surface area (Å²) in [5.41, 5.74) is 5.88. The Hall–Kier alpha value is -0.160. The Labute approximate surface area is 85.7 Å². The maximum atomic E-state index is 5.88. The molecule has 1 aliphatic rings. The molecule has 1 aliphatic heterocycles. The van der Waals surface area contributed by atoms with Crippen molar-refractivity contribution in [2.45, 2.75) is 38.5 Å². The van der Waals surface area contributed by atoms with Gasteiger partial charge in [0.15, 0.2) is 0 Å². The number of ether oxygens (including phenoxy) is 3. The summed E-state index contributed by atoms with van der Waals surface area (Å²) in [7, 11) is 0.